The smallest absolute Gasteiger partial charge is 0.313 e. The average Bonchev–Trinajstić information content (AvgIpc) is 2.44. The van der Waals surface area contributed by atoms with Crippen LogP contribution >= 0.6 is 23.2 Å². The summed E-state index contributed by atoms with van der Waals surface area (Å²) in [6.07, 6.45) is -2.01. The van der Waals surface area contributed by atoms with Crippen molar-refractivity contribution in [3.05, 3.63) is 33.8 Å². The van der Waals surface area contributed by atoms with Gasteiger partial charge in [-0.25, -0.2) is 0 Å². The normalized spacial score (nSPS) is 24.9. The molecule has 0 bridgehead atoms. The van der Waals surface area contributed by atoms with E-state index in [9.17, 15) is 13.2 Å². The molecule has 1 N–H and O–H groups in total. The summed E-state index contributed by atoms with van der Waals surface area (Å²) in [5.74, 6) is -1.81. The van der Waals surface area contributed by atoms with Crippen LogP contribution < -0.4 is 5.32 Å². The van der Waals surface area contributed by atoms with Crippen molar-refractivity contribution in [1.29, 1.82) is 0 Å². The molecule has 21 heavy (non-hydrogen) atoms. The lowest BCUT2D eigenvalue weighted by molar-refractivity contribution is -0.199. The fourth-order valence-electron chi connectivity index (χ4n) is 3.33. The first-order chi connectivity index (χ1) is 9.86. The van der Waals surface area contributed by atoms with Gasteiger partial charge in [0, 0.05) is 6.04 Å². The fraction of sp³-hybridized carbons (Fsp3) is 0.600. The minimum atomic E-state index is -4.18. The quantitative estimate of drug-likeness (QED) is 0.753. The van der Waals surface area contributed by atoms with Gasteiger partial charge >= 0.3 is 6.18 Å². The molecule has 3 unspecified atom stereocenters. The van der Waals surface area contributed by atoms with Gasteiger partial charge in [0.15, 0.2) is 0 Å². The minimum Gasteiger partial charge on any atom is -0.313 e. The molecule has 0 spiro atoms. The molecule has 3 atom stereocenters. The number of hydrogen-bond donors (Lipinski definition) is 1. The zero-order valence-corrected chi connectivity index (χ0v) is 13.2. The van der Waals surface area contributed by atoms with Gasteiger partial charge in [0.25, 0.3) is 0 Å². The summed E-state index contributed by atoms with van der Waals surface area (Å²) in [6, 6.07) is 4.67. The Morgan fingerprint density at radius 2 is 1.86 bits per heavy atom. The van der Waals surface area contributed by atoms with Gasteiger partial charge in [-0.2, -0.15) is 13.2 Å². The van der Waals surface area contributed by atoms with E-state index < -0.39 is 24.1 Å². The van der Waals surface area contributed by atoms with Crippen LogP contribution in [0.2, 0.25) is 10.0 Å². The fourth-order valence-corrected chi connectivity index (χ4v) is 3.75. The third kappa shape index (κ3) is 3.66. The molecule has 1 aliphatic rings. The molecule has 118 valence electrons. The summed E-state index contributed by atoms with van der Waals surface area (Å²) < 4.78 is 39.9. The van der Waals surface area contributed by atoms with Crippen LogP contribution in [0.3, 0.4) is 0 Å². The molecule has 1 saturated carbocycles. The van der Waals surface area contributed by atoms with Crippen molar-refractivity contribution in [1.82, 2.24) is 5.32 Å². The molecule has 0 aliphatic heterocycles. The molecule has 0 heterocycles. The average molecular weight is 340 g/mol. The first-order valence-electron chi connectivity index (χ1n) is 7.04. The highest BCUT2D eigenvalue weighted by atomic mass is 35.5. The van der Waals surface area contributed by atoms with E-state index >= 15 is 0 Å². The molecule has 1 nitrogen and oxygen atoms in total. The Hall–Kier alpha value is -0.450. The van der Waals surface area contributed by atoms with Gasteiger partial charge in [0.05, 0.1) is 16.0 Å². The van der Waals surface area contributed by atoms with Gasteiger partial charge in [0.1, 0.15) is 0 Å². The van der Waals surface area contributed by atoms with Crippen molar-refractivity contribution < 1.29 is 13.2 Å². The molecule has 6 heteroatoms. The van der Waals surface area contributed by atoms with Crippen LogP contribution in [0.4, 0.5) is 13.2 Å². The lowest BCUT2D eigenvalue weighted by Crippen LogP contribution is -2.40. The molecule has 0 radical (unpaired) electrons. The standard InChI is InChI=1S/C15H18Cl2F3N/c1-21-14(10-6-4-8-12(16)13(10)17)9-5-2-3-7-11(9)15(18,19)20/h4,6,8-9,11,14,21H,2-3,5,7H2,1H3. The van der Waals surface area contributed by atoms with Crippen molar-refractivity contribution >= 4 is 23.2 Å². The van der Waals surface area contributed by atoms with Crippen LogP contribution in [0, 0.1) is 11.8 Å². The van der Waals surface area contributed by atoms with Gasteiger partial charge in [-0.3, -0.25) is 0 Å². The Morgan fingerprint density at radius 1 is 1.19 bits per heavy atom. The van der Waals surface area contributed by atoms with Gasteiger partial charge in [-0.05, 0) is 37.4 Å². The van der Waals surface area contributed by atoms with Crippen LogP contribution in [0.1, 0.15) is 37.3 Å². The second-order valence-corrected chi connectivity index (χ2v) is 6.29. The summed E-state index contributed by atoms with van der Waals surface area (Å²) in [4.78, 5) is 0. The van der Waals surface area contributed by atoms with E-state index in [-0.39, 0.29) is 6.42 Å². The molecule has 1 aromatic rings. The molecular weight excluding hydrogens is 322 g/mol. The van der Waals surface area contributed by atoms with Gasteiger partial charge in [-0.15, -0.1) is 0 Å². The Bertz CT molecular complexity index is 490. The Kier molecular flexibility index (Phi) is 5.44. The molecular formula is C15H18Cl2F3N. The van der Waals surface area contributed by atoms with Crippen molar-refractivity contribution in [2.24, 2.45) is 11.8 Å². The summed E-state index contributed by atoms with van der Waals surface area (Å²) in [5.41, 5.74) is 0.646. The number of rotatable bonds is 3. The van der Waals surface area contributed by atoms with E-state index in [1.54, 1.807) is 25.2 Å². The maximum atomic E-state index is 13.3. The summed E-state index contributed by atoms with van der Waals surface area (Å²) in [6.45, 7) is 0. The Labute approximate surface area is 132 Å². The van der Waals surface area contributed by atoms with Gasteiger partial charge < -0.3 is 5.32 Å². The largest absolute Gasteiger partial charge is 0.392 e. The molecule has 0 aromatic heterocycles. The van der Waals surface area contributed by atoms with Crippen LogP contribution in [0.25, 0.3) is 0 Å². The molecule has 1 aliphatic carbocycles. The van der Waals surface area contributed by atoms with E-state index in [0.717, 1.165) is 6.42 Å². The van der Waals surface area contributed by atoms with Gasteiger partial charge in [-0.1, -0.05) is 48.2 Å². The van der Waals surface area contributed by atoms with E-state index in [0.29, 0.717) is 28.5 Å². The molecule has 2 rings (SSSR count). The second kappa shape index (κ2) is 6.76. The molecule has 0 amide bonds. The van der Waals surface area contributed by atoms with Crippen molar-refractivity contribution in [3.63, 3.8) is 0 Å². The monoisotopic (exact) mass is 339 g/mol. The lowest BCUT2D eigenvalue weighted by Gasteiger charge is -2.38. The third-order valence-electron chi connectivity index (χ3n) is 4.30. The Balaban J connectivity index is 2.36. The first kappa shape index (κ1) is 16.9. The number of benzene rings is 1. The van der Waals surface area contributed by atoms with E-state index in [4.69, 9.17) is 23.2 Å². The minimum absolute atomic E-state index is 0.185. The zero-order valence-electron chi connectivity index (χ0n) is 11.7. The highest BCUT2D eigenvalue weighted by molar-refractivity contribution is 6.42. The van der Waals surface area contributed by atoms with Crippen molar-refractivity contribution in [2.75, 3.05) is 7.05 Å². The SMILES string of the molecule is CNC(c1cccc(Cl)c1Cl)C1CCCCC1C(F)(F)F. The molecule has 1 aromatic carbocycles. The highest BCUT2D eigenvalue weighted by Gasteiger charge is 2.48. The van der Waals surface area contributed by atoms with E-state index in [1.807, 2.05) is 0 Å². The molecule has 1 fully saturated rings. The van der Waals surface area contributed by atoms with Crippen LogP contribution in [0.5, 0.6) is 0 Å². The van der Waals surface area contributed by atoms with Gasteiger partial charge in [0.2, 0.25) is 0 Å². The van der Waals surface area contributed by atoms with Crippen LogP contribution in [-0.4, -0.2) is 13.2 Å². The lowest BCUT2D eigenvalue weighted by atomic mass is 9.73. The topological polar surface area (TPSA) is 12.0 Å². The zero-order chi connectivity index (χ0) is 15.6. The van der Waals surface area contributed by atoms with Crippen LogP contribution in [0.15, 0.2) is 18.2 Å². The number of nitrogens with one attached hydrogen (secondary N) is 1. The van der Waals surface area contributed by atoms with Crippen molar-refractivity contribution in [2.45, 2.75) is 37.9 Å². The summed E-state index contributed by atoms with van der Waals surface area (Å²) in [5, 5.41) is 3.72. The number of hydrogen-bond acceptors (Lipinski definition) is 1. The predicted molar refractivity (Wildman–Crippen MR) is 79.8 cm³/mol. The van der Waals surface area contributed by atoms with Crippen molar-refractivity contribution in [3.8, 4) is 0 Å². The maximum Gasteiger partial charge on any atom is 0.392 e. The highest BCUT2D eigenvalue weighted by Crippen LogP contribution is 2.47. The summed E-state index contributed by atoms with van der Waals surface area (Å²) in [7, 11) is 1.67. The number of alkyl halides is 3. The predicted octanol–water partition coefficient (Wildman–Crippen LogP) is 5.62. The van der Waals surface area contributed by atoms with E-state index in [2.05, 4.69) is 5.32 Å². The second-order valence-electron chi connectivity index (χ2n) is 5.51. The van der Waals surface area contributed by atoms with Crippen LogP contribution in [-0.2, 0) is 0 Å². The molecule has 0 saturated heterocycles. The third-order valence-corrected chi connectivity index (χ3v) is 5.13. The summed E-state index contributed by atoms with van der Waals surface area (Å²) >= 11 is 12.2. The Morgan fingerprint density at radius 3 is 2.48 bits per heavy atom. The van der Waals surface area contributed by atoms with E-state index in [1.165, 1.54) is 0 Å². The number of halogens is 5. The maximum absolute atomic E-state index is 13.3. The first-order valence-corrected chi connectivity index (χ1v) is 7.79.